The highest BCUT2D eigenvalue weighted by atomic mass is 16.5. The maximum Gasteiger partial charge on any atom is 0.305 e. The number of carboxylic acids is 1. The van der Waals surface area contributed by atoms with E-state index in [-0.39, 0.29) is 18.1 Å². The molecule has 0 bridgehead atoms. The molecule has 1 aliphatic heterocycles. The Morgan fingerprint density at radius 1 is 1.53 bits per heavy atom. The molecule has 5 nitrogen and oxygen atoms in total. The summed E-state index contributed by atoms with van der Waals surface area (Å²) < 4.78 is 11.0. The molecule has 5 heteroatoms. The van der Waals surface area contributed by atoms with E-state index in [1.165, 1.54) is 0 Å². The van der Waals surface area contributed by atoms with Crippen molar-refractivity contribution in [1.29, 1.82) is 0 Å². The van der Waals surface area contributed by atoms with Crippen LogP contribution in [0.15, 0.2) is 0 Å². The van der Waals surface area contributed by atoms with Crippen LogP contribution in [0.25, 0.3) is 0 Å². The van der Waals surface area contributed by atoms with Crippen LogP contribution in [-0.4, -0.2) is 60.5 Å². The molecule has 1 fully saturated rings. The van der Waals surface area contributed by atoms with Crippen molar-refractivity contribution < 1.29 is 19.4 Å². The van der Waals surface area contributed by atoms with Crippen molar-refractivity contribution in [3.05, 3.63) is 0 Å². The lowest BCUT2D eigenvalue weighted by Gasteiger charge is -2.35. The Kier molecular flexibility index (Phi) is 5.36. The predicted octanol–water partition coefficient (Wildman–Crippen LogP) is 0.977. The van der Waals surface area contributed by atoms with Crippen LogP contribution in [0, 0.1) is 0 Å². The number of carbonyl (C=O) groups is 1. The zero-order valence-corrected chi connectivity index (χ0v) is 10.9. The van der Waals surface area contributed by atoms with Gasteiger partial charge in [-0.2, -0.15) is 0 Å². The molecule has 0 aromatic heterocycles. The fourth-order valence-corrected chi connectivity index (χ4v) is 1.84. The fraction of sp³-hybridized carbons (Fsp3) is 0.917. The van der Waals surface area contributed by atoms with Gasteiger partial charge in [-0.15, -0.1) is 0 Å². The van der Waals surface area contributed by atoms with Gasteiger partial charge in [0.15, 0.2) is 0 Å². The number of nitrogens with zero attached hydrogens (tertiary/aromatic N) is 1. The molecular formula is C12H23NO4. The van der Waals surface area contributed by atoms with Gasteiger partial charge in [0.1, 0.15) is 0 Å². The van der Waals surface area contributed by atoms with Gasteiger partial charge in [-0.1, -0.05) is 0 Å². The molecule has 0 radical (unpaired) electrons. The predicted molar refractivity (Wildman–Crippen MR) is 64.1 cm³/mol. The molecule has 0 aromatic carbocycles. The summed E-state index contributed by atoms with van der Waals surface area (Å²) in [4.78, 5) is 12.9. The fourth-order valence-electron chi connectivity index (χ4n) is 1.84. The molecule has 0 aromatic rings. The molecule has 1 rings (SSSR count). The molecule has 0 spiro atoms. The summed E-state index contributed by atoms with van der Waals surface area (Å²) in [7, 11) is 0. The van der Waals surface area contributed by atoms with Gasteiger partial charge in [-0.25, -0.2) is 0 Å². The standard InChI is InChI=1S/C12H23NO4/c1-12(2,3)17-7-5-13-4-6-16-9-10(13)8-11(14)15/h10H,4-9H2,1-3H3,(H,14,15). The molecule has 0 amide bonds. The largest absolute Gasteiger partial charge is 0.481 e. The Morgan fingerprint density at radius 2 is 2.24 bits per heavy atom. The Labute approximate surface area is 103 Å². The summed E-state index contributed by atoms with van der Waals surface area (Å²) in [5.41, 5.74) is -0.144. The third-order valence-corrected chi connectivity index (χ3v) is 2.67. The van der Waals surface area contributed by atoms with E-state index in [1.807, 2.05) is 20.8 Å². The first-order valence-electron chi connectivity index (χ1n) is 6.06. The van der Waals surface area contributed by atoms with Gasteiger partial charge >= 0.3 is 5.97 Å². The van der Waals surface area contributed by atoms with Gasteiger partial charge in [-0.3, -0.25) is 9.69 Å². The Bertz CT molecular complexity index is 249. The number of hydrogen-bond acceptors (Lipinski definition) is 4. The van der Waals surface area contributed by atoms with Crippen LogP contribution in [0.1, 0.15) is 27.2 Å². The SMILES string of the molecule is CC(C)(C)OCCN1CCOCC1CC(=O)O. The van der Waals surface area contributed by atoms with Gasteiger partial charge in [0, 0.05) is 19.1 Å². The maximum atomic E-state index is 10.7. The molecule has 100 valence electrons. The lowest BCUT2D eigenvalue weighted by atomic mass is 10.1. The third kappa shape index (κ3) is 6.00. The zero-order chi connectivity index (χ0) is 12.9. The number of rotatable bonds is 5. The first-order chi connectivity index (χ1) is 7.88. The van der Waals surface area contributed by atoms with Crippen LogP contribution in [0.3, 0.4) is 0 Å². The smallest absolute Gasteiger partial charge is 0.305 e. The van der Waals surface area contributed by atoms with Crippen LogP contribution in [0.4, 0.5) is 0 Å². The van der Waals surface area contributed by atoms with Crippen LogP contribution in [0.2, 0.25) is 0 Å². The second-order valence-electron chi connectivity index (χ2n) is 5.32. The van der Waals surface area contributed by atoms with E-state index in [1.54, 1.807) is 0 Å². The van der Waals surface area contributed by atoms with Crippen LogP contribution in [-0.2, 0) is 14.3 Å². The van der Waals surface area contributed by atoms with Crippen molar-refractivity contribution in [3.63, 3.8) is 0 Å². The molecule has 1 heterocycles. The van der Waals surface area contributed by atoms with E-state index in [2.05, 4.69) is 4.90 Å². The number of carboxylic acid groups (broad SMARTS) is 1. The van der Waals surface area contributed by atoms with Crippen LogP contribution < -0.4 is 0 Å². The number of aliphatic carboxylic acids is 1. The van der Waals surface area contributed by atoms with Gasteiger partial charge in [0.05, 0.1) is 31.8 Å². The number of ether oxygens (including phenoxy) is 2. The van der Waals surface area contributed by atoms with E-state index in [9.17, 15) is 4.79 Å². The third-order valence-electron chi connectivity index (χ3n) is 2.67. The molecule has 17 heavy (non-hydrogen) atoms. The average molecular weight is 245 g/mol. The Hall–Kier alpha value is -0.650. The highest BCUT2D eigenvalue weighted by Crippen LogP contribution is 2.12. The molecular weight excluding hydrogens is 222 g/mol. The van der Waals surface area contributed by atoms with E-state index in [0.717, 1.165) is 13.1 Å². The van der Waals surface area contributed by atoms with Crippen molar-refractivity contribution in [3.8, 4) is 0 Å². The molecule has 1 unspecified atom stereocenters. The Balaban J connectivity index is 2.35. The van der Waals surface area contributed by atoms with E-state index in [4.69, 9.17) is 14.6 Å². The van der Waals surface area contributed by atoms with E-state index in [0.29, 0.717) is 19.8 Å². The summed E-state index contributed by atoms with van der Waals surface area (Å²) in [6.07, 6.45) is 0.134. The summed E-state index contributed by atoms with van der Waals surface area (Å²) in [5, 5.41) is 8.82. The monoisotopic (exact) mass is 245 g/mol. The summed E-state index contributed by atoms with van der Waals surface area (Å²) in [6, 6.07) is -0.0233. The minimum atomic E-state index is -0.776. The minimum absolute atomic E-state index is 0.0233. The molecule has 0 aliphatic carbocycles. The van der Waals surface area contributed by atoms with E-state index < -0.39 is 5.97 Å². The summed E-state index contributed by atoms with van der Waals surface area (Å²) >= 11 is 0. The van der Waals surface area contributed by atoms with Gasteiger partial charge < -0.3 is 14.6 Å². The molecule has 1 N–H and O–H groups in total. The van der Waals surface area contributed by atoms with Gasteiger partial charge in [0.2, 0.25) is 0 Å². The first kappa shape index (κ1) is 14.4. The molecule has 1 aliphatic rings. The molecule has 1 saturated heterocycles. The lowest BCUT2D eigenvalue weighted by molar-refractivity contribution is -0.140. The van der Waals surface area contributed by atoms with Crippen molar-refractivity contribution in [1.82, 2.24) is 4.90 Å². The van der Waals surface area contributed by atoms with Crippen LogP contribution >= 0.6 is 0 Å². The van der Waals surface area contributed by atoms with Crippen LogP contribution in [0.5, 0.6) is 0 Å². The zero-order valence-electron chi connectivity index (χ0n) is 10.9. The summed E-state index contributed by atoms with van der Waals surface area (Å²) in [5.74, 6) is -0.776. The second kappa shape index (κ2) is 6.33. The quantitative estimate of drug-likeness (QED) is 0.782. The van der Waals surface area contributed by atoms with Gasteiger partial charge in [-0.05, 0) is 20.8 Å². The molecule has 0 saturated carbocycles. The van der Waals surface area contributed by atoms with E-state index >= 15 is 0 Å². The topological polar surface area (TPSA) is 59.0 Å². The summed E-state index contributed by atoms with van der Waals surface area (Å²) in [6.45, 7) is 9.39. The van der Waals surface area contributed by atoms with Gasteiger partial charge in [0.25, 0.3) is 0 Å². The number of hydrogen-bond donors (Lipinski definition) is 1. The van der Waals surface area contributed by atoms with Crippen molar-refractivity contribution >= 4 is 5.97 Å². The lowest BCUT2D eigenvalue weighted by Crippen LogP contribution is -2.48. The van der Waals surface area contributed by atoms with Crippen molar-refractivity contribution in [2.45, 2.75) is 38.8 Å². The normalized spacial score (nSPS) is 22.6. The highest BCUT2D eigenvalue weighted by molar-refractivity contribution is 5.67. The van der Waals surface area contributed by atoms with Crippen molar-refractivity contribution in [2.24, 2.45) is 0 Å². The maximum absolute atomic E-state index is 10.7. The highest BCUT2D eigenvalue weighted by Gasteiger charge is 2.25. The first-order valence-corrected chi connectivity index (χ1v) is 6.06. The second-order valence-corrected chi connectivity index (χ2v) is 5.32. The molecule has 1 atom stereocenters. The number of morpholine rings is 1. The minimum Gasteiger partial charge on any atom is -0.481 e. The average Bonchev–Trinajstić information content (AvgIpc) is 2.18. The van der Waals surface area contributed by atoms with Crippen molar-refractivity contribution in [2.75, 3.05) is 32.9 Å². The Morgan fingerprint density at radius 3 is 2.82 bits per heavy atom.